The molecule has 0 heterocycles. The molecule has 0 saturated heterocycles. The largest absolute Gasteiger partial charge is 0.494 e. The molecule has 1 saturated carbocycles. The molecule has 1 aliphatic carbocycles. The van der Waals surface area contributed by atoms with E-state index in [1.165, 1.54) is 24.8 Å². The predicted molar refractivity (Wildman–Crippen MR) is 80.5 cm³/mol. The Morgan fingerprint density at radius 2 is 2.00 bits per heavy atom. The van der Waals surface area contributed by atoms with Gasteiger partial charge in [0, 0.05) is 12.6 Å². The monoisotopic (exact) mass is 261 g/mol. The van der Waals surface area contributed by atoms with Crippen LogP contribution in [0.2, 0.25) is 0 Å². The number of nitrogens with one attached hydrogen (secondary N) is 1. The van der Waals surface area contributed by atoms with Gasteiger partial charge in [0.25, 0.3) is 0 Å². The Morgan fingerprint density at radius 1 is 1.26 bits per heavy atom. The van der Waals surface area contributed by atoms with E-state index in [0.717, 1.165) is 25.3 Å². The fourth-order valence-electron chi connectivity index (χ4n) is 2.87. The first-order valence-corrected chi connectivity index (χ1v) is 7.57. The molecule has 19 heavy (non-hydrogen) atoms. The zero-order valence-electron chi connectivity index (χ0n) is 12.5. The molecule has 2 rings (SSSR count). The summed E-state index contributed by atoms with van der Waals surface area (Å²) in [5, 5.41) is 3.71. The van der Waals surface area contributed by atoms with Crippen LogP contribution in [0.4, 0.5) is 0 Å². The molecule has 1 aromatic rings. The minimum Gasteiger partial charge on any atom is -0.494 e. The molecule has 2 nitrogen and oxygen atoms in total. The summed E-state index contributed by atoms with van der Waals surface area (Å²) in [7, 11) is 0. The van der Waals surface area contributed by atoms with Gasteiger partial charge in [0.15, 0.2) is 0 Å². The minimum atomic E-state index is 0.449. The summed E-state index contributed by atoms with van der Waals surface area (Å²) < 4.78 is 5.60. The Balaban J connectivity index is 1.83. The molecule has 0 amide bonds. The number of rotatable bonds is 6. The van der Waals surface area contributed by atoms with Crippen LogP contribution in [0.1, 0.15) is 52.0 Å². The van der Waals surface area contributed by atoms with Gasteiger partial charge in [0.05, 0.1) is 6.61 Å². The van der Waals surface area contributed by atoms with Gasteiger partial charge in [0.1, 0.15) is 5.75 Å². The number of hydrogen-bond acceptors (Lipinski definition) is 2. The van der Waals surface area contributed by atoms with Crippen molar-refractivity contribution in [2.24, 2.45) is 5.41 Å². The molecule has 2 heteroatoms. The Hall–Kier alpha value is -1.02. The molecule has 0 aromatic heterocycles. The molecular formula is C17H27NO. The molecular weight excluding hydrogens is 234 g/mol. The molecule has 0 radical (unpaired) electrons. The summed E-state index contributed by atoms with van der Waals surface area (Å²) in [4.78, 5) is 0. The van der Waals surface area contributed by atoms with E-state index in [4.69, 9.17) is 4.74 Å². The van der Waals surface area contributed by atoms with Gasteiger partial charge in [-0.05, 0) is 42.4 Å². The van der Waals surface area contributed by atoms with Gasteiger partial charge in [-0.2, -0.15) is 0 Å². The minimum absolute atomic E-state index is 0.449. The summed E-state index contributed by atoms with van der Waals surface area (Å²) in [6, 6.07) is 9.14. The summed E-state index contributed by atoms with van der Waals surface area (Å²) >= 11 is 0. The maximum Gasteiger partial charge on any atom is 0.119 e. The third-order valence-electron chi connectivity index (χ3n) is 4.21. The number of benzene rings is 1. The van der Waals surface area contributed by atoms with Crippen molar-refractivity contribution in [1.82, 2.24) is 5.32 Å². The summed E-state index contributed by atoms with van der Waals surface area (Å²) in [6.07, 6.45) is 5.06. The van der Waals surface area contributed by atoms with Crippen LogP contribution in [0.15, 0.2) is 24.3 Å². The quantitative estimate of drug-likeness (QED) is 0.831. The Labute approximate surface area is 117 Å². The van der Waals surface area contributed by atoms with E-state index < -0.39 is 0 Å². The van der Waals surface area contributed by atoms with Crippen LogP contribution in [-0.4, -0.2) is 12.6 Å². The van der Waals surface area contributed by atoms with Gasteiger partial charge < -0.3 is 10.1 Å². The predicted octanol–water partition coefficient (Wildman–Crippen LogP) is 4.14. The fourth-order valence-corrected chi connectivity index (χ4v) is 2.87. The van der Waals surface area contributed by atoms with Gasteiger partial charge in [-0.1, -0.05) is 39.3 Å². The molecule has 0 bridgehead atoms. The van der Waals surface area contributed by atoms with E-state index in [1.54, 1.807) is 0 Å². The van der Waals surface area contributed by atoms with E-state index in [1.807, 2.05) is 0 Å². The van der Waals surface area contributed by atoms with E-state index in [0.29, 0.717) is 11.5 Å². The number of ether oxygens (including phenoxy) is 1. The third-order valence-corrected chi connectivity index (χ3v) is 4.21. The molecule has 1 aliphatic rings. The molecule has 1 aromatic carbocycles. The lowest BCUT2D eigenvalue weighted by Gasteiger charge is -2.28. The summed E-state index contributed by atoms with van der Waals surface area (Å²) in [5.74, 6) is 0.979. The lowest BCUT2D eigenvalue weighted by Crippen LogP contribution is -2.37. The molecule has 1 fully saturated rings. The Morgan fingerprint density at radius 3 is 2.58 bits per heavy atom. The van der Waals surface area contributed by atoms with E-state index in [2.05, 4.69) is 50.4 Å². The highest BCUT2D eigenvalue weighted by atomic mass is 16.5. The topological polar surface area (TPSA) is 21.3 Å². The molecule has 106 valence electrons. The van der Waals surface area contributed by atoms with Crippen molar-refractivity contribution in [1.29, 1.82) is 0 Å². The highest BCUT2D eigenvalue weighted by molar-refractivity contribution is 5.27. The van der Waals surface area contributed by atoms with Crippen molar-refractivity contribution in [3.8, 4) is 5.75 Å². The lowest BCUT2D eigenvalue weighted by atomic mass is 9.87. The first-order chi connectivity index (χ1) is 9.12. The zero-order chi connectivity index (χ0) is 13.7. The summed E-state index contributed by atoms with van der Waals surface area (Å²) in [6.45, 7) is 8.64. The van der Waals surface area contributed by atoms with E-state index in [9.17, 15) is 0 Å². The van der Waals surface area contributed by atoms with Gasteiger partial charge in [-0.3, -0.25) is 0 Å². The Kier molecular flexibility index (Phi) is 4.87. The third kappa shape index (κ3) is 3.97. The number of hydrogen-bond donors (Lipinski definition) is 1. The van der Waals surface area contributed by atoms with Crippen LogP contribution in [0.3, 0.4) is 0 Å². The average molecular weight is 261 g/mol. The first kappa shape index (κ1) is 14.4. The second-order valence-electron chi connectivity index (χ2n) is 6.31. The standard InChI is InChI=1S/C17H27NO/c1-4-12-19-15-9-7-14(8-10-15)13-18-16-6-5-11-17(16,2)3/h7-10,16,18H,4-6,11-13H2,1-3H3. The van der Waals surface area contributed by atoms with Crippen LogP contribution in [-0.2, 0) is 6.54 Å². The highest BCUT2D eigenvalue weighted by Gasteiger charge is 2.33. The van der Waals surface area contributed by atoms with Gasteiger partial charge in [-0.25, -0.2) is 0 Å². The van der Waals surface area contributed by atoms with Crippen molar-refractivity contribution >= 4 is 0 Å². The maximum absolute atomic E-state index is 5.60. The fraction of sp³-hybridized carbons (Fsp3) is 0.647. The second kappa shape index (κ2) is 6.42. The molecule has 0 aliphatic heterocycles. The lowest BCUT2D eigenvalue weighted by molar-refractivity contribution is 0.282. The Bertz CT molecular complexity index is 383. The van der Waals surface area contributed by atoms with Gasteiger partial charge in [0.2, 0.25) is 0 Å². The smallest absolute Gasteiger partial charge is 0.119 e. The van der Waals surface area contributed by atoms with Crippen molar-refractivity contribution in [3.63, 3.8) is 0 Å². The average Bonchev–Trinajstić information content (AvgIpc) is 2.74. The van der Waals surface area contributed by atoms with Crippen LogP contribution < -0.4 is 10.1 Å². The van der Waals surface area contributed by atoms with Crippen LogP contribution in [0.5, 0.6) is 5.75 Å². The molecule has 1 atom stereocenters. The van der Waals surface area contributed by atoms with E-state index >= 15 is 0 Å². The van der Waals surface area contributed by atoms with Crippen molar-refractivity contribution in [3.05, 3.63) is 29.8 Å². The maximum atomic E-state index is 5.60. The van der Waals surface area contributed by atoms with E-state index in [-0.39, 0.29) is 0 Å². The zero-order valence-corrected chi connectivity index (χ0v) is 12.5. The SMILES string of the molecule is CCCOc1ccc(CNC2CCCC2(C)C)cc1. The van der Waals surface area contributed by atoms with Gasteiger partial charge in [-0.15, -0.1) is 0 Å². The van der Waals surface area contributed by atoms with Gasteiger partial charge >= 0.3 is 0 Å². The summed E-state index contributed by atoms with van der Waals surface area (Å²) in [5.41, 5.74) is 1.79. The van der Waals surface area contributed by atoms with Crippen molar-refractivity contribution in [2.45, 2.75) is 59.0 Å². The molecule has 1 N–H and O–H groups in total. The highest BCUT2D eigenvalue weighted by Crippen LogP contribution is 2.37. The second-order valence-corrected chi connectivity index (χ2v) is 6.31. The van der Waals surface area contributed by atoms with Crippen molar-refractivity contribution < 1.29 is 4.74 Å². The van der Waals surface area contributed by atoms with Crippen molar-refractivity contribution in [2.75, 3.05) is 6.61 Å². The van der Waals surface area contributed by atoms with Crippen LogP contribution in [0.25, 0.3) is 0 Å². The molecule has 0 spiro atoms. The van der Waals surface area contributed by atoms with Crippen LogP contribution in [0, 0.1) is 5.41 Å². The molecule has 1 unspecified atom stereocenters. The first-order valence-electron chi connectivity index (χ1n) is 7.57. The normalized spacial score (nSPS) is 21.5. The van der Waals surface area contributed by atoms with Crippen LogP contribution >= 0.6 is 0 Å².